The topological polar surface area (TPSA) is 57.5 Å². The van der Waals surface area contributed by atoms with Crippen molar-refractivity contribution in [2.75, 3.05) is 0 Å². The summed E-state index contributed by atoms with van der Waals surface area (Å²) in [5.74, 6) is 5.83. The highest BCUT2D eigenvalue weighted by molar-refractivity contribution is 5.90. The van der Waals surface area contributed by atoms with Crippen LogP contribution < -0.4 is 0 Å². The fourth-order valence-corrected chi connectivity index (χ4v) is 9.97. The number of phenols is 1. The van der Waals surface area contributed by atoms with Crippen molar-refractivity contribution in [3.05, 3.63) is 29.8 Å². The Balaban J connectivity index is 0.000000270. The van der Waals surface area contributed by atoms with Crippen molar-refractivity contribution in [2.24, 2.45) is 52.3 Å². The Labute approximate surface area is 226 Å². The van der Waals surface area contributed by atoms with Gasteiger partial charge in [-0.25, -0.2) is 4.79 Å². The van der Waals surface area contributed by atoms with Crippen LogP contribution in [0.2, 0.25) is 0 Å². The number of aromatic hydroxyl groups is 1. The van der Waals surface area contributed by atoms with Gasteiger partial charge in [-0.3, -0.25) is 0 Å². The number of carbonyl (C=O) groups is 1. The zero-order valence-electron chi connectivity index (χ0n) is 24.3. The van der Waals surface area contributed by atoms with Crippen molar-refractivity contribution in [2.45, 2.75) is 118 Å². The Bertz CT molecular complexity index is 908. The van der Waals surface area contributed by atoms with Crippen LogP contribution in [0.15, 0.2) is 24.3 Å². The summed E-state index contributed by atoms with van der Waals surface area (Å²) >= 11 is 0. The van der Waals surface area contributed by atoms with E-state index in [1.165, 1.54) is 44.2 Å². The molecule has 8 atom stereocenters. The van der Waals surface area contributed by atoms with Crippen LogP contribution in [-0.4, -0.2) is 16.2 Å². The van der Waals surface area contributed by atoms with Gasteiger partial charge in [0.1, 0.15) is 11.3 Å². The first-order valence-electron chi connectivity index (χ1n) is 15.6. The summed E-state index contributed by atoms with van der Waals surface area (Å²) in [6.07, 6.45) is 19.9. The van der Waals surface area contributed by atoms with Gasteiger partial charge in [0, 0.05) is 0 Å². The third-order valence-electron chi connectivity index (χ3n) is 11.9. The molecule has 3 heteroatoms. The lowest BCUT2D eigenvalue weighted by Crippen LogP contribution is -2.53. The summed E-state index contributed by atoms with van der Waals surface area (Å²) in [6, 6.07) is 5.81. The standard InChI is InChI=1S/C27H48.C7H6O3/c1-19(2)9-8-10-20(3)23-14-15-24-22-13-12-21-11-6-7-17-26(21,4)25(22)16-18-27(23,24)5;8-6-4-2-1-3-5(6)7(9)10/h19-25H,6-18H2,1-5H3;1-4,8H,(H,9,10)/t20-,21?,22+,23-,24+,25+,26+,27-;/m1./s1. The molecule has 0 saturated heterocycles. The monoisotopic (exact) mass is 510 g/mol. The molecule has 37 heavy (non-hydrogen) atoms. The molecule has 4 aliphatic carbocycles. The molecular weight excluding hydrogens is 456 g/mol. The highest BCUT2D eigenvalue weighted by Crippen LogP contribution is 2.68. The Morgan fingerprint density at radius 1 is 0.892 bits per heavy atom. The highest BCUT2D eigenvalue weighted by atomic mass is 16.4. The minimum atomic E-state index is -1.11. The number of aromatic carboxylic acids is 1. The normalized spacial score (nSPS) is 37.5. The van der Waals surface area contributed by atoms with Crippen LogP contribution in [-0.2, 0) is 0 Å². The van der Waals surface area contributed by atoms with Gasteiger partial charge in [-0.15, -0.1) is 0 Å². The number of carboxylic acid groups (broad SMARTS) is 1. The van der Waals surface area contributed by atoms with Gasteiger partial charge in [-0.2, -0.15) is 0 Å². The zero-order valence-corrected chi connectivity index (χ0v) is 24.3. The van der Waals surface area contributed by atoms with Crippen molar-refractivity contribution in [3.63, 3.8) is 0 Å². The van der Waals surface area contributed by atoms with Gasteiger partial charge in [0.05, 0.1) is 0 Å². The van der Waals surface area contributed by atoms with E-state index in [2.05, 4.69) is 34.6 Å². The van der Waals surface area contributed by atoms with Gasteiger partial charge in [-0.1, -0.05) is 78.9 Å². The molecule has 0 bridgehead atoms. The van der Waals surface area contributed by atoms with Crippen molar-refractivity contribution >= 4 is 5.97 Å². The van der Waals surface area contributed by atoms with E-state index >= 15 is 0 Å². The van der Waals surface area contributed by atoms with E-state index in [4.69, 9.17) is 10.2 Å². The molecule has 4 fully saturated rings. The molecule has 0 spiro atoms. The average Bonchev–Trinajstić information content (AvgIpc) is 3.21. The average molecular weight is 511 g/mol. The molecule has 1 aromatic carbocycles. The van der Waals surface area contributed by atoms with Crippen LogP contribution in [0.25, 0.3) is 0 Å². The maximum Gasteiger partial charge on any atom is 0.339 e. The lowest BCUT2D eigenvalue weighted by molar-refractivity contribution is -0.114. The Hall–Kier alpha value is -1.51. The summed E-state index contributed by atoms with van der Waals surface area (Å²) < 4.78 is 0. The number of benzene rings is 1. The molecule has 0 aromatic heterocycles. The van der Waals surface area contributed by atoms with Crippen LogP contribution >= 0.6 is 0 Å². The van der Waals surface area contributed by atoms with Crippen LogP contribution in [0.1, 0.15) is 128 Å². The lowest BCUT2D eigenvalue weighted by Gasteiger charge is -2.61. The van der Waals surface area contributed by atoms with Crippen molar-refractivity contribution in [1.29, 1.82) is 0 Å². The molecule has 3 nitrogen and oxygen atoms in total. The Morgan fingerprint density at radius 2 is 1.62 bits per heavy atom. The van der Waals surface area contributed by atoms with E-state index in [-0.39, 0.29) is 11.3 Å². The SMILES string of the molecule is CC(C)CCC[C@@H](C)[C@H]1CC[C@H]2[C@@H]3CCC4CCCC[C@]4(C)[C@H]3CC[C@]12C.O=C(O)c1ccccc1O. The van der Waals surface area contributed by atoms with Crippen LogP contribution in [0.3, 0.4) is 0 Å². The molecule has 4 aliphatic rings. The summed E-state index contributed by atoms with van der Waals surface area (Å²) in [5, 5.41) is 17.3. The van der Waals surface area contributed by atoms with E-state index in [0.717, 1.165) is 41.4 Å². The fraction of sp³-hybridized carbons (Fsp3) is 0.794. The first-order valence-corrected chi connectivity index (χ1v) is 15.6. The second-order valence-electron chi connectivity index (χ2n) is 14.3. The third kappa shape index (κ3) is 5.76. The minimum absolute atomic E-state index is 0.0671. The predicted octanol–water partition coefficient (Wildman–Crippen LogP) is 9.59. The van der Waals surface area contributed by atoms with Crippen LogP contribution in [0, 0.1) is 52.3 Å². The molecule has 4 saturated carbocycles. The number of rotatable bonds is 6. The summed E-state index contributed by atoms with van der Waals surface area (Å²) in [7, 11) is 0. The minimum Gasteiger partial charge on any atom is -0.507 e. The molecule has 0 heterocycles. The zero-order chi connectivity index (χ0) is 26.8. The van der Waals surface area contributed by atoms with Crippen molar-refractivity contribution in [1.82, 2.24) is 0 Å². The summed E-state index contributed by atoms with van der Waals surface area (Å²) in [5.41, 5.74) is 1.32. The molecule has 208 valence electrons. The molecule has 0 amide bonds. The van der Waals surface area contributed by atoms with E-state index in [1.807, 2.05) is 0 Å². The number of para-hydroxylation sites is 1. The number of carboxylic acids is 1. The van der Waals surface area contributed by atoms with Gasteiger partial charge in [-0.05, 0) is 116 Å². The fourth-order valence-electron chi connectivity index (χ4n) is 9.97. The predicted molar refractivity (Wildman–Crippen MR) is 153 cm³/mol. The summed E-state index contributed by atoms with van der Waals surface area (Å²) in [6.45, 7) is 12.9. The second-order valence-corrected chi connectivity index (χ2v) is 14.3. The van der Waals surface area contributed by atoms with E-state index in [1.54, 1.807) is 63.5 Å². The largest absolute Gasteiger partial charge is 0.507 e. The van der Waals surface area contributed by atoms with Crippen molar-refractivity contribution in [3.8, 4) is 5.75 Å². The van der Waals surface area contributed by atoms with Gasteiger partial charge < -0.3 is 10.2 Å². The van der Waals surface area contributed by atoms with E-state index < -0.39 is 5.97 Å². The van der Waals surface area contributed by atoms with Gasteiger partial charge in [0.25, 0.3) is 0 Å². The molecular formula is C34H54O3. The quantitative estimate of drug-likeness (QED) is 0.400. The maximum absolute atomic E-state index is 10.3. The van der Waals surface area contributed by atoms with Gasteiger partial charge >= 0.3 is 5.97 Å². The van der Waals surface area contributed by atoms with E-state index in [0.29, 0.717) is 10.8 Å². The highest BCUT2D eigenvalue weighted by Gasteiger charge is 2.60. The van der Waals surface area contributed by atoms with Crippen LogP contribution in [0.4, 0.5) is 0 Å². The molecule has 0 aliphatic heterocycles. The molecule has 1 aromatic rings. The second kappa shape index (κ2) is 11.7. The maximum atomic E-state index is 10.3. The molecule has 2 N–H and O–H groups in total. The van der Waals surface area contributed by atoms with Crippen molar-refractivity contribution < 1.29 is 15.0 Å². The van der Waals surface area contributed by atoms with Gasteiger partial charge in [0.15, 0.2) is 0 Å². The molecule has 5 rings (SSSR count). The molecule has 1 unspecified atom stereocenters. The summed E-state index contributed by atoms with van der Waals surface area (Å²) in [4.78, 5) is 10.3. The van der Waals surface area contributed by atoms with E-state index in [9.17, 15) is 4.79 Å². The first-order chi connectivity index (χ1) is 17.6. The Morgan fingerprint density at radius 3 is 2.30 bits per heavy atom. The lowest BCUT2D eigenvalue weighted by atomic mass is 9.44. The van der Waals surface area contributed by atoms with Crippen LogP contribution in [0.5, 0.6) is 5.75 Å². The number of hydrogen-bond acceptors (Lipinski definition) is 2. The Kier molecular flexibility index (Phi) is 9.01. The first kappa shape index (κ1) is 28.5. The molecule has 0 radical (unpaired) electrons. The number of hydrogen-bond donors (Lipinski definition) is 2. The smallest absolute Gasteiger partial charge is 0.339 e. The third-order valence-corrected chi connectivity index (χ3v) is 11.9. The van der Waals surface area contributed by atoms with Gasteiger partial charge in [0.2, 0.25) is 0 Å². The number of fused-ring (bicyclic) bond motifs is 5.